The molecule has 0 aliphatic heterocycles. The van der Waals surface area contributed by atoms with Crippen molar-refractivity contribution in [3.8, 4) is 0 Å². The molecule has 0 saturated heterocycles. The summed E-state index contributed by atoms with van der Waals surface area (Å²) in [4.78, 5) is 0. The summed E-state index contributed by atoms with van der Waals surface area (Å²) >= 11 is 0. The van der Waals surface area contributed by atoms with Crippen molar-refractivity contribution in [3.05, 3.63) is 35.6 Å². The molecule has 1 N–H and O–H groups in total. The Morgan fingerprint density at radius 3 is 2.71 bits per heavy atom. The maximum absolute atomic E-state index is 13.2. The molecule has 0 aromatic heterocycles. The van der Waals surface area contributed by atoms with E-state index in [1.54, 1.807) is 12.1 Å². The first-order valence-corrected chi connectivity index (χ1v) is 6.36. The molecule has 0 saturated carbocycles. The van der Waals surface area contributed by atoms with E-state index in [1.165, 1.54) is 12.5 Å². The predicted molar refractivity (Wildman–Crippen MR) is 68.5 cm³/mol. The van der Waals surface area contributed by atoms with E-state index >= 15 is 0 Å². The van der Waals surface area contributed by atoms with Gasteiger partial charge in [0, 0.05) is 25.3 Å². The number of unbranched alkanes of at least 4 members (excludes halogenated alkanes) is 1. The van der Waals surface area contributed by atoms with Crippen LogP contribution in [0.4, 0.5) is 4.39 Å². The maximum atomic E-state index is 13.2. The van der Waals surface area contributed by atoms with E-state index in [9.17, 15) is 4.39 Å². The molecule has 0 fully saturated rings. The quantitative estimate of drug-likeness (QED) is 0.668. The summed E-state index contributed by atoms with van der Waals surface area (Å²) in [6.45, 7) is 5.23. The van der Waals surface area contributed by atoms with Crippen LogP contribution in [0.5, 0.6) is 0 Å². The predicted octanol–water partition coefficient (Wildman–Crippen LogP) is 3.12. The Morgan fingerprint density at radius 2 is 1.94 bits per heavy atom. The fourth-order valence-electron chi connectivity index (χ4n) is 1.51. The third kappa shape index (κ3) is 6.39. The van der Waals surface area contributed by atoms with Crippen molar-refractivity contribution in [3.63, 3.8) is 0 Å². The molecule has 0 aliphatic rings. The van der Waals surface area contributed by atoms with E-state index in [2.05, 4.69) is 12.2 Å². The number of hydrogen-bond donors (Lipinski definition) is 1. The third-order valence-electron chi connectivity index (χ3n) is 2.56. The van der Waals surface area contributed by atoms with Crippen LogP contribution in [0.3, 0.4) is 0 Å². The van der Waals surface area contributed by atoms with E-state index in [4.69, 9.17) is 4.74 Å². The van der Waals surface area contributed by atoms with Crippen LogP contribution in [0.2, 0.25) is 0 Å². The van der Waals surface area contributed by atoms with E-state index in [0.29, 0.717) is 6.54 Å². The van der Waals surface area contributed by atoms with Crippen LogP contribution < -0.4 is 5.32 Å². The SMILES string of the molecule is CCCCOCCCNCc1ccccc1F. The molecule has 0 amide bonds. The second-order valence-corrected chi connectivity index (χ2v) is 4.09. The largest absolute Gasteiger partial charge is 0.381 e. The highest BCUT2D eigenvalue weighted by molar-refractivity contribution is 5.16. The molecular formula is C14H22FNO. The van der Waals surface area contributed by atoms with Crippen LogP contribution in [-0.4, -0.2) is 19.8 Å². The molecule has 0 heterocycles. The number of benzene rings is 1. The molecule has 0 unspecified atom stereocenters. The van der Waals surface area contributed by atoms with Crippen molar-refractivity contribution in [2.45, 2.75) is 32.7 Å². The van der Waals surface area contributed by atoms with Gasteiger partial charge in [0.1, 0.15) is 5.82 Å². The number of hydrogen-bond acceptors (Lipinski definition) is 2. The van der Waals surface area contributed by atoms with Crippen molar-refractivity contribution in [2.75, 3.05) is 19.8 Å². The van der Waals surface area contributed by atoms with Crippen LogP contribution in [0, 0.1) is 5.82 Å². The molecule has 2 nitrogen and oxygen atoms in total. The average molecular weight is 239 g/mol. The van der Waals surface area contributed by atoms with Crippen molar-refractivity contribution in [2.24, 2.45) is 0 Å². The Hall–Kier alpha value is -0.930. The van der Waals surface area contributed by atoms with Gasteiger partial charge in [-0.3, -0.25) is 0 Å². The van der Waals surface area contributed by atoms with Crippen LogP contribution in [0.15, 0.2) is 24.3 Å². The van der Waals surface area contributed by atoms with Gasteiger partial charge in [-0.2, -0.15) is 0 Å². The monoisotopic (exact) mass is 239 g/mol. The summed E-state index contributed by atoms with van der Waals surface area (Å²) in [6, 6.07) is 6.86. The zero-order chi connectivity index (χ0) is 12.3. The van der Waals surface area contributed by atoms with Crippen molar-refractivity contribution >= 4 is 0 Å². The first-order chi connectivity index (χ1) is 8.34. The Bertz CT molecular complexity index is 304. The number of halogens is 1. The van der Waals surface area contributed by atoms with Crippen LogP contribution in [0.25, 0.3) is 0 Å². The fraction of sp³-hybridized carbons (Fsp3) is 0.571. The van der Waals surface area contributed by atoms with Crippen LogP contribution >= 0.6 is 0 Å². The molecule has 1 aromatic rings. The summed E-state index contributed by atoms with van der Waals surface area (Å²) in [5, 5.41) is 3.21. The number of nitrogens with one attached hydrogen (secondary N) is 1. The van der Waals surface area contributed by atoms with E-state index in [0.717, 1.165) is 38.2 Å². The van der Waals surface area contributed by atoms with Crippen LogP contribution in [-0.2, 0) is 11.3 Å². The molecule has 0 aliphatic carbocycles. The van der Waals surface area contributed by atoms with Gasteiger partial charge >= 0.3 is 0 Å². The highest BCUT2D eigenvalue weighted by Gasteiger charge is 1.98. The molecule has 1 aromatic carbocycles. The normalized spacial score (nSPS) is 10.7. The number of rotatable bonds is 9. The minimum Gasteiger partial charge on any atom is -0.381 e. The third-order valence-corrected chi connectivity index (χ3v) is 2.56. The van der Waals surface area contributed by atoms with Gasteiger partial charge in [0.25, 0.3) is 0 Å². The Kier molecular flexibility index (Phi) is 7.60. The summed E-state index contributed by atoms with van der Waals surface area (Å²) in [7, 11) is 0. The summed E-state index contributed by atoms with van der Waals surface area (Å²) in [6.07, 6.45) is 3.27. The molecule has 1 rings (SSSR count). The summed E-state index contributed by atoms with van der Waals surface area (Å²) in [5.74, 6) is -0.140. The van der Waals surface area contributed by atoms with Gasteiger partial charge in [-0.15, -0.1) is 0 Å². The van der Waals surface area contributed by atoms with Gasteiger partial charge in [0.2, 0.25) is 0 Å². The van der Waals surface area contributed by atoms with E-state index < -0.39 is 0 Å². The van der Waals surface area contributed by atoms with Crippen molar-refractivity contribution in [1.82, 2.24) is 5.32 Å². The molecular weight excluding hydrogens is 217 g/mol. The zero-order valence-corrected chi connectivity index (χ0v) is 10.5. The first-order valence-electron chi connectivity index (χ1n) is 6.36. The van der Waals surface area contributed by atoms with E-state index in [1.807, 2.05) is 6.07 Å². The Labute approximate surface area is 103 Å². The van der Waals surface area contributed by atoms with Gasteiger partial charge in [-0.25, -0.2) is 4.39 Å². The lowest BCUT2D eigenvalue weighted by Crippen LogP contribution is -2.17. The molecule has 3 heteroatoms. The lowest BCUT2D eigenvalue weighted by atomic mass is 10.2. The molecule has 0 spiro atoms. The molecule has 0 bridgehead atoms. The van der Waals surface area contributed by atoms with E-state index in [-0.39, 0.29) is 5.82 Å². The summed E-state index contributed by atoms with van der Waals surface area (Å²) in [5.41, 5.74) is 0.722. The first kappa shape index (κ1) is 14.1. The minimum absolute atomic E-state index is 0.140. The van der Waals surface area contributed by atoms with Gasteiger partial charge in [-0.1, -0.05) is 31.5 Å². The lowest BCUT2D eigenvalue weighted by molar-refractivity contribution is 0.128. The Morgan fingerprint density at radius 1 is 1.18 bits per heavy atom. The highest BCUT2D eigenvalue weighted by Crippen LogP contribution is 2.05. The smallest absolute Gasteiger partial charge is 0.127 e. The molecule has 17 heavy (non-hydrogen) atoms. The Balaban J connectivity index is 1.99. The highest BCUT2D eigenvalue weighted by atomic mass is 19.1. The van der Waals surface area contributed by atoms with Crippen LogP contribution in [0.1, 0.15) is 31.7 Å². The van der Waals surface area contributed by atoms with Crippen molar-refractivity contribution < 1.29 is 9.13 Å². The fourth-order valence-corrected chi connectivity index (χ4v) is 1.51. The molecule has 0 radical (unpaired) electrons. The second-order valence-electron chi connectivity index (χ2n) is 4.09. The number of ether oxygens (including phenoxy) is 1. The van der Waals surface area contributed by atoms with Gasteiger partial charge in [0.05, 0.1) is 0 Å². The topological polar surface area (TPSA) is 21.3 Å². The minimum atomic E-state index is -0.140. The maximum Gasteiger partial charge on any atom is 0.127 e. The lowest BCUT2D eigenvalue weighted by Gasteiger charge is -2.06. The van der Waals surface area contributed by atoms with Gasteiger partial charge in [0.15, 0.2) is 0 Å². The molecule has 96 valence electrons. The van der Waals surface area contributed by atoms with Gasteiger partial charge < -0.3 is 10.1 Å². The second kappa shape index (κ2) is 9.14. The van der Waals surface area contributed by atoms with Crippen molar-refractivity contribution in [1.29, 1.82) is 0 Å². The average Bonchev–Trinajstić information content (AvgIpc) is 2.35. The zero-order valence-electron chi connectivity index (χ0n) is 10.5. The molecule has 0 atom stereocenters. The summed E-state index contributed by atoms with van der Waals surface area (Å²) < 4.78 is 18.7. The van der Waals surface area contributed by atoms with Gasteiger partial charge in [-0.05, 0) is 25.5 Å². The standard InChI is InChI=1S/C14H22FNO/c1-2-3-10-17-11-6-9-16-12-13-7-4-5-8-14(13)15/h4-5,7-8,16H,2-3,6,9-12H2,1H3.